The minimum absolute atomic E-state index is 0.0228. The highest BCUT2D eigenvalue weighted by atomic mass is 19.1. The van der Waals surface area contributed by atoms with E-state index in [-0.39, 0.29) is 58.1 Å². The Labute approximate surface area is 266 Å². The number of nitrogens with one attached hydrogen (secondary N) is 1. The van der Waals surface area contributed by atoms with Crippen LogP contribution in [-0.2, 0) is 11.2 Å². The molecule has 2 bridgehead atoms. The highest BCUT2D eigenvalue weighted by Gasteiger charge is 2.34. The summed E-state index contributed by atoms with van der Waals surface area (Å²) < 4.78 is 59.9. The number of fused-ring (bicyclic) bond motifs is 4. The first kappa shape index (κ1) is 31.0. The Morgan fingerprint density at radius 1 is 0.978 bits per heavy atom. The number of benzene rings is 3. The van der Waals surface area contributed by atoms with Crippen molar-refractivity contribution in [2.24, 2.45) is 0 Å². The molecular formula is C35H40F3N5O3. The van der Waals surface area contributed by atoms with Crippen LogP contribution in [0, 0.1) is 17.5 Å². The second-order valence-corrected chi connectivity index (χ2v) is 13.0. The fourth-order valence-electron chi connectivity index (χ4n) is 7.64. The Hall–Kier alpha value is -3.67. The molecule has 0 aliphatic carbocycles. The molecular weight excluding hydrogens is 595 g/mol. The van der Waals surface area contributed by atoms with Gasteiger partial charge in [-0.3, -0.25) is 4.90 Å². The molecule has 4 atom stereocenters. The number of hydrogen-bond acceptors (Lipinski definition) is 8. The third kappa shape index (κ3) is 5.84. The third-order valence-corrected chi connectivity index (χ3v) is 9.48. The van der Waals surface area contributed by atoms with E-state index in [9.17, 15) is 9.50 Å². The van der Waals surface area contributed by atoms with Gasteiger partial charge >= 0.3 is 6.01 Å². The number of nitrogens with zero attached hydrogens (tertiary/aromatic N) is 4. The summed E-state index contributed by atoms with van der Waals surface area (Å²) in [5, 5.41) is 15.2. The van der Waals surface area contributed by atoms with E-state index in [1.807, 2.05) is 0 Å². The van der Waals surface area contributed by atoms with Gasteiger partial charge in [-0.2, -0.15) is 9.97 Å². The van der Waals surface area contributed by atoms with Crippen LogP contribution in [0.2, 0.25) is 0 Å². The first-order valence-electron chi connectivity index (χ1n) is 16.3. The molecule has 11 heteroatoms. The Morgan fingerprint density at radius 3 is 2.43 bits per heavy atom. The standard InChI is InChI=1S/C35H40F3N5O3/c1-4-25-28(36)9-6-21-12-24(44)13-26(30(21)25)31-29(37)14-27-33(32(31)38)40-35(41-34(27)43-17-22-7-8-23(18-43)39-22)45-11-5-10-42-15-19(2)46-20(3)16-42/h6,9,12-14,19-20,22-23,39,44H,4-5,7-8,10-11,15-18H2,1-3H3/t19-,20+,22?,23?. The van der Waals surface area contributed by atoms with Crippen molar-refractivity contribution in [3.05, 3.63) is 53.3 Å². The maximum atomic E-state index is 16.8. The maximum absolute atomic E-state index is 16.8. The number of halogens is 3. The molecule has 0 spiro atoms. The lowest BCUT2D eigenvalue weighted by Crippen LogP contribution is -2.51. The van der Waals surface area contributed by atoms with Crippen molar-refractivity contribution < 1.29 is 27.8 Å². The van der Waals surface area contributed by atoms with Crippen molar-refractivity contribution in [1.82, 2.24) is 20.2 Å². The van der Waals surface area contributed by atoms with Crippen molar-refractivity contribution >= 4 is 27.5 Å². The van der Waals surface area contributed by atoms with Crippen molar-refractivity contribution in [2.45, 2.75) is 70.7 Å². The second kappa shape index (κ2) is 12.5. The largest absolute Gasteiger partial charge is 0.508 e. The molecule has 2 N–H and O–H groups in total. The quantitative estimate of drug-likeness (QED) is 0.230. The fourth-order valence-corrected chi connectivity index (χ4v) is 7.64. The number of phenols is 1. The fraction of sp³-hybridized carbons (Fsp3) is 0.486. The molecule has 0 radical (unpaired) electrons. The van der Waals surface area contributed by atoms with Crippen LogP contribution in [0.4, 0.5) is 19.0 Å². The van der Waals surface area contributed by atoms with Gasteiger partial charge in [0.05, 0.1) is 24.4 Å². The molecule has 4 aromatic rings. The average Bonchev–Trinajstić information content (AvgIpc) is 3.35. The Balaban J connectivity index is 1.30. The highest BCUT2D eigenvalue weighted by molar-refractivity contribution is 6.03. The molecule has 244 valence electrons. The summed E-state index contributed by atoms with van der Waals surface area (Å²) in [6, 6.07) is 7.39. The zero-order valence-corrected chi connectivity index (χ0v) is 26.5. The second-order valence-electron chi connectivity index (χ2n) is 13.0. The minimum atomic E-state index is -0.906. The number of morpholine rings is 1. The first-order valence-corrected chi connectivity index (χ1v) is 16.3. The van der Waals surface area contributed by atoms with Gasteiger partial charge in [-0.1, -0.05) is 13.0 Å². The summed E-state index contributed by atoms with van der Waals surface area (Å²) >= 11 is 0. The van der Waals surface area contributed by atoms with Gasteiger partial charge in [0, 0.05) is 50.2 Å². The van der Waals surface area contributed by atoms with Crippen LogP contribution in [0.5, 0.6) is 11.8 Å². The number of aromatic nitrogens is 2. The van der Waals surface area contributed by atoms with Gasteiger partial charge in [0.25, 0.3) is 0 Å². The van der Waals surface area contributed by atoms with E-state index in [0.717, 1.165) is 32.5 Å². The molecule has 3 aliphatic heterocycles. The summed E-state index contributed by atoms with van der Waals surface area (Å²) in [7, 11) is 0. The summed E-state index contributed by atoms with van der Waals surface area (Å²) in [6.07, 6.45) is 3.40. The Kier molecular flexibility index (Phi) is 8.41. The number of piperazine rings is 1. The number of phenolic OH excluding ortho intramolecular Hbond substituents is 1. The van der Waals surface area contributed by atoms with E-state index >= 15 is 8.78 Å². The lowest BCUT2D eigenvalue weighted by molar-refractivity contribution is -0.0686. The summed E-state index contributed by atoms with van der Waals surface area (Å²) in [6.45, 7) is 10.0. The van der Waals surface area contributed by atoms with Crippen molar-refractivity contribution in [3.63, 3.8) is 0 Å². The number of anilines is 1. The predicted octanol–water partition coefficient (Wildman–Crippen LogP) is 5.95. The van der Waals surface area contributed by atoms with Crippen molar-refractivity contribution in [1.29, 1.82) is 0 Å². The lowest BCUT2D eigenvalue weighted by atomic mass is 9.91. The molecule has 3 aromatic carbocycles. The smallest absolute Gasteiger partial charge is 0.319 e. The van der Waals surface area contributed by atoms with E-state index < -0.39 is 17.5 Å². The molecule has 3 saturated heterocycles. The summed E-state index contributed by atoms with van der Waals surface area (Å²) in [5.41, 5.74) is -0.0662. The number of ether oxygens (including phenoxy) is 2. The zero-order chi connectivity index (χ0) is 32.1. The lowest BCUT2D eigenvalue weighted by Gasteiger charge is -2.35. The Morgan fingerprint density at radius 2 is 1.72 bits per heavy atom. The van der Waals surface area contributed by atoms with Crippen molar-refractivity contribution in [2.75, 3.05) is 44.2 Å². The summed E-state index contributed by atoms with van der Waals surface area (Å²) in [4.78, 5) is 13.6. The topological polar surface area (TPSA) is 83.0 Å². The van der Waals surface area contributed by atoms with Gasteiger partial charge in [-0.05, 0) is 85.7 Å². The van der Waals surface area contributed by atoms with Gasteiger partial charge in [0.15, 0.2) is 5.82 Å². The molecule has 2 unspecified atom stereocenters. The molecule has 46 heavy (non-hydrogen) atoms. The van der Waals surface area contributed by atoms with E-state index in [4.69, 9.17) is 14.5 Å². The normalized spacial score (nSPS) is 23.5. The predicted molar refractivity (Wildman–Crippen MR) is 172 cm³/mol. The molecule has 8 nitrogen and oxygen atoms in total. The van der Waals surface area contributed by atoms with E-state index in [2.05, 4.69) is 33.9 Å². The number of aryl methyl sites for hydroxylation is 1. The van der Waals surface area contributed by atoms with E-state index in [1.165, 1.54) is 30.3 Å². The van der Waals surface area contributed by atoms with Gasteiger partial charge in [0.1, 0.15) is 28.7 Å². The van der Waals surface area contributed by atoms with Gasteiger partial charge in [-0.15, -0.1) is 0 Å². The number of rotatable bonds is 8. The molecule has 4 heterocycles. The third-order valence-electron chi connectivity index (χ3n) is 9.48. The first-order chi connectivity index (χ1) is 22.2. The van der Waals surface area contributed by atoms with Crippen LogP contribution in [0.25, 0.3) is 32.8 Å². The van der Waals surface area contributed by atoms with Crippen LogP contribution in [-0.4, -0.2) is 83.6 Å². The van der Waals surface area contributed by atoms with Crippen molar-refractivity contribution in [3.8, 4) is 22.9 Å². The molecule has 3 aliphatic rings. The van der Waals surface area contributed by atoms with Crippen LogP contribution in [0.1, 0.15) is 45.6 Å². The molecule has 3 fully saturated rings. The van der Waals surface area contributed by atoms with Crippen LogP contribution >= 0.6 is 0 Å². The Bertz CT molecular complexity index is 1770. The molecule has 1 aromatic heterocycles. The van der Waals surface area contributed by atoms with Crippen LogP contribution in [0.3, 0.4) is 0 Å². The maximum Gasteiger partial charge on any atom is 0.319 e. The number of aromatic hydroxyl groups is 1. The zero-order valence-electron chi connectivity index (χ0n) is 26.5. The van der Waals surface area contributed by atoms with Crippen LogP contribution < -0.4 is 15.0 Å². The number of hydrogen-bond donors (Lipinski definition) is 2. The molecule has 7 rings (SSSR count). The minimum Gasteiger partial charge on any atom is -0.508 e. The van der Waals surface area contributed by atoms with E-state index in [1.54, 1.807) is 6.92 Å². The van der Waals surface area contributed by atoms with Crippen LogP contribution in [0.15, 0.2) is 30.3 Å². The summed E-state index contributed by atoms with van der Waals surface area (Å²) in [5.74, 6) is -1.97. The SMILES string of the molecule is CCc1c(F)ccc2cc(O)cc(-c3c(F)cc4c(N5CC6CCC(C5)N6)nc(OCCCN5C[C@@H](C)O[C@@H](C)C5)nc4c3F)c12. The van der Waals surface area contributed by atoms with Gasteiger partial charge < -0.3 is 24.8 Å². The molecule has 0 amide bonds. The van der Waals surface area contributed by atoms with Gasteiger partial charge in [0.2, 0.25) is 0 Å². The average molecular weight is 636 g/mol. The monoisotopic (exact) mass is 635 g/mol. The molecule has 0 saturated carbocycles. The van der Waals surface area contributed by atoms with E-state index in [0.29, 0.717) is 54.7 Å². The highest BCUT2D eigenvalue weighted by Crippen LogP contribution is 2.42. The van der Waals surface area contributed by atoms with Gasteiger partial charge in [-0.25, -0.2) is 13.2 Å².